The number of anilines is 1. The number of amides is 1. The topological polar surface area (TPSA) is 81.4 Å². The van der Waals surface area contributed by atoms with Gasteiger partial charge in [-0.15, -0.1) is 0 Å². The number of carbonyl (C=O) groups excluding carboxylic acids is 2. The van der Waals surface area contributed by atoms with Crippen LogP contribution in [0.3, 0.4) is 0 Å². The number of nitrogen functional groups attached to an aromatic ring is 1. The number of rotatable bonds is 4. The second kappa shape index (κ2) is 6.34. The maximum Gasteiger partial charge on any atom is 0.307 e. The number of nitrogens with one attached hydrogen (secondary N) is 1. The van der Waals surface area contributed by atoms with E-state index in [2.05, 4.69) is 26.0 Å². The van der Waals surface area contributed by atoms with E-state index in [1.54, 1.807) is 0 Å². The molecule has 0 spiro atoms. The Labute approximate surface area is 112 Å². The van der Waals surface area contributed by atoms with Crippen molar-refractivity contribution in [1.82, 2.24) is 5.32 Å². The van der Waals surface area contributed by atoms with Crippen LogP contribution in [0.25, 0.3) is 0 Å². The molecule has 98 valence electrons. The van der Waals surface area contributed by atoms with Gasteiger partial charge in [-0.25, -0.2) is 4.39 Å². The molecule has 0 atom stereocenters. The van der Waals surface area contributed by atoms with Crippen LogP contribution in [-0.2, 0) is 9.53 Å². The van der Waals surface area contributed by atoms with Gasteiger partial charge in [-0.05, 0) is 28.1 Å². The second-order valence-electron chi connectivity index (χ2n) is 3.44. The quantitative estimate of drug-likeness (QED) is 0.650. The number of hydrogen-bond acceptors (Lipinski definition) is 4. The maximum absolute atomic E-state index is 13.3. The van der Waals surface area contributed by atoms with Gasteiger partial charge < -0.3 is 15.8 Å². The van der Waals surface area contributed by atoms with Crippen molar-refractivity contribution in [3.8, 4) is 0 Å². The SMILES string of the molecule is COC(=O)CCNC(=O)c1cc(F)c(Br)cc1N. The average Bonchev–Trinajstić information content (AvgIpc) is 2.33. The van der Waals surface area contributed by atoms with Gasteiger partial charge in [0.2, 0.25) is 0 Å². The lowest BCUT2D eigenvalue weighted by Crippen LogP contribution is -2.27. The van der Waals surface area contributed by atoms with Gasteiger partial charge in [-0.2, -0.15) is 0 Å². The molecule has 1 rings (SSSR count). The molecule has 0 aliphatic heterocycles. The Morgan fingerprint density at radius 2 is 2.17 bits per heavy atom. The lowest BCUT2D eigenvalue weighted by Gasteiger charge is -2.08. The van der Waals surface area contributed by atoms with Gasteiger partial charge in [0.15, 0.2) is 0 Å². The lowest BCUT2D eigenvalue weighted by atomic mass is 10.1. The number of carbonyl (C=O) groups is 2. The predicted octanol–water partition coefficient (Wildman–Crippen LogP) is 1.46. The monoisotopic (exact) mass is 318 g/mol. The number of halogens is 2. The van der Waals surface area contributed by atoms with Gasteiger partial charge in [0.05, 0.1) is 23.6 Å². The minimum absolute atomic E-state index is 0.0283. The first-order valence-corrected chi connectivity index (χ1v) is 5.84. The van der Waals surface area contributed by atoms with Crippen LogP contribution in [0.5, 0.6) is 0 Å². The van der Waals surface area contributed by atoms with Crippen molar-refractivity contribution in [3.05, 3.63) is 28.0 Å². The van der Waals surface area contributed by atoms with Gasteiger partial charge in [0, 0.05) is 12.2 Å². The number of benzene rings is 1. The Balaban J connectivity index is 2.67. The fraction of sp³-hybridized carbons (Fsp3) is 0.273. The molecule has 0 aliphatic carbocycles. The van der Waals surface area contributed by atoms with E-state index < -0.39 is 17.7 Å². The molecule has 1 aromatic rings. The third-order valence-electron chi connectivity index (χ3n) is 2.18. The summed E-state index contributed by atoms with van der Waals surface area (Å²) in [6, 6.07) is 2.34. The summed E-state index contributed by atoms with van der Waals surface area (Å²) in [5.74, 6) is -1.56. The van der Waals surface area contributed by atoms with Crippen molar-refractivity contribution in [1.29, 1.82) is 0 Å². The molecule has 0 radical (unpaired) electrons. The van der Waals surface area contributed by atoms with Gasteiger partial charge in [-0.3, -0.25) is 9.59 Å². The number of esters is 1. The van der Waals surface area contributed by atoms with Crippen molar-refractivity contribution in [3.63, 3.8) is 0 Å². The van der Waals surface area contributed by atoms with Crippen LogP contribution in [0.4, 0.5) is 10.1 Å². The fourth-order valence-corrected chi connectivity index (χ4v) is 1.60. The Morgan fingerprint density at radius 1 is 1.50 bits per heavy atom. The van der Waals surface area contributed by atoms with Crippen LogP contribution in [0.15, 0.2) is 16.6 Å². The van der Waals surface area contributed by atoms with Crippen LogP contribution >= 0.6 is 15.9 Å². The largest absolute Gasteiger partial charge is 0.469 e. The Morgan fingerprint density at radius 3 is 2.78 bits per heavy atom. The summed E-state index contributed by atoms with van der Waals surface area (Å²) in [5.41, 5.74) is 5.78. The summed E-state index contributed by atoms with van der Waals surface area (Å²) in [4.78, 5) is 22.5. The first-order chi connectivity index (χ1) is 8.45. The van der Waals surface area contributed by atoms with Gasteiger partial charge in [0.25, 0.3) is 5.91 Å². The molecular formula is C11H12BrFN2O3. The Kier molecular flexibility index (Phi) is 5.08. The van der Waals surface area contributed by atoms with Crippen LogP contribution in [0.1, 0.15) is 16.8 Å². The molecule has 0 fully saturated rings. The zero-order chi connectivity index (χ0) is 13.7. The highest BCUT2D eigenvalue weighted by Crippen LogP contribution is 2.22. The van der Waals surface area contributed by atoms with Crippen molar-refractivity contribution in [2.75, 3.05) is 19.4 Å². The third kappa shape index (κ3) is 3.69. The molecule has 0 heterocycles. The van der Waals surface area contributed by atoms with E-state index >= 15 is 0 Å². The molecule has 0 aromatic heterocycles. The number of hydrogen-bond donors (Lipinski definition) is 2. The molecule has 0 saturated heterocycles. The predicted molar refractivity (Wildman–Crippen MR) is 67.5 cm³/mol. The minimum Gasteiger partial charge on any atom is -0.469 e. The molecule has 0 aliphatic rings. The molecule has 5 nitrogen and oxygen atoms in total. The van der Waals surface area contributed by atoms with Crippen molar-refractivity contribution in [2.45, 2.75) is 6.42 Å². The molecule has 0 unspecified atom stereocenters. The summed E-state index contributed by atoms with van der Waals surface area (Å²) >= 11 is 2.96. The maximum atomic E-state index is 13.3. The Hall–Kier alpha value is -1.63. The normalized spacial score (nSPS) is 9.94. The Bertz CT molecular complexity index is 480. The molecule has 3 N–H and O–H groups in total. The van der Waals surface area contributed by atoms with E-state index in [-0.39, 0.29) is 28.7 Å². The van der Waals surface area contributed by atoms with Crippen molar-refractivity contribution in [2.24, 2.45) is 0 Å². The van der Waals surface area contributed by atoms with E-state index in [0.717, 1.165) is 6.07 Å². The zero-order valence-corrected chi connectivity index (χ0v) is 11.2. The molecular weight excluding hydrogens is 307 g/mol. The molecule has 0 bridgehead atoms. The average molecular weight is 319 g/mol. The van der Waals surface area contributed by atoms with E-state index in [9.17, 15) is 14.0 Å². The van der Waals surface area contributed by atoms with Crippen LogP contribution in [0, 0.1) is 5.82 Å². The molecule has 1 amide bonds. The number of methoxy groups -OCH3 is 1. The smallest absolute Gasteiger partial charge is 0.307 e. The molecule has 0 saturated carbocycles. The van der Waals surface area contributed by atoms with Gasteiger partial charge >= 0.3 is 5.97 Å². The zero-order valence-electron chi connectivity index (χ0n) is 9.63. The molecule has 1 aromatic carbocycles. The third-order valence-corrected chi connectivity index (χ3v) is 2.79. The van der Waals surface area contributed by atoms with Crippen LogP contribution in [0.2, 0.25) is 0 Å². The standard InChI is InChI=1S/C11H12BrFN2O3/c1-18-10(16)2-3-15-11(17)6-4-8(13)7(12)5-9(6)14/h4-5H,2-3,14H2,1H3,(H,15,17). The summed E-state index contributed by atoms with van der Waals surface area (Å²) < 4.78 is 17.9. The lowest BCUT2D eigenvalue weighted by molar-refractivity contribution is -0.140. The van der Waals surface area contributed by atoms with E-state index in [4.69, 9.17) is 5.73 Å². The van der Waals surface area contributed by atoms with E-state index in [0.29, 0.717) is 0 Å². The first kappa shape index (κ1) is 14.4. The number of ether oxygens (including phenoxy) is 1. The van der Waals surface area contributed by atoms with Crippen LogP contribution < -0.4 is 11.1 Å². The minimum atomic E-state index is -0.581. The summed E-state index contributed by atoms with van der Waals surface area (Å²) in [5, 5.41) is 2.45. The number of nitrogens with two attached hydrogens (primary N) is 1. The second-order valence-corrected chi connectivity index (χ2v) is 4.29. The van der Waals surface area contributed by atoms with Gasteiger partial charge in [-0.1, -0.05) is 0 Å². The molecule has 7 heteroatoms. The van der Waals surface area contributed by atoms with E-state index in [1.165, 1.54) is 13.2 Å². The summed E-state index contributed by atoms with van der Waals surface area (Å²) in [6.07, 6.45) is 0.0428. The first-order valence-electron chi connectivity index (χ1n) is 5.05. The molecule has 18 heavy (non-hydrogen) atoms. The van der Waals surface area contributed by atoms with E-state index in [1.807, 2.05) is 0 Å². The highest BCUT2D eigenvalue weighted by atomic mass is 79.9. The highest BCUT2D eigenvalue weighted by Gasteiger charge is 2.13. The summed E-state index contributed by atoms with van der Waals surface area (Å²) in [7, 11) is 1.26. The van der Waals surface area contributed by atoms with Crippen molar-refractivity contribution >= 4 is 33.5 Å². The van der Waals surface area contributed by atoms with Crippen LogP contribution in [-0.4, -0.2) is 25.5 Å². The van der Waals surface area contributed by atoms with Gasteiger partial charge in [0.1, 0.15) is 5.82 Å². The fourth-order valence-electron chi connectivity index (χ4n) is 1.23. The summed E-state index contributed by atoms with van der Waals surface area (Å²) in [6.45, 7) is 0.0998. The van der Waals surface area contributed by atoms with Crippen molar-refractivity contribution < 1.29 is 18.7 Å². The highest BCUT2D eigenvalue weighted by molar-refractivity contribution is 9.10.